The molecule has 1 aliphatic carbocycles. The van der Waals surface area contributed by atoms with Gasteiger partial charge in [-0.05, 0) is 78.1 Å². The van der Waals surface area contributed by atoms with E-state index >= 15 is 0 Å². The standard InChI is InChI=1S/C34H32ClNO4S/c1-40-33(39)29-8-3-2-6-24(29)12-16-31(41-22-34(17-18-34)21-32(37)38)26-7-4-5-23(19-26)9-14-28-15-11-25-10-13-27(35)20-30(25)36-28/h2-11,13-15,19-20,31H,12,16-18,21-22H2,1H3,(H,37,38)/b14-9+. The van der Waals surface area contributed by atoms with E-state index in [0.29, 0.717) is 17.0 Å². The summed E-state index contributed by atoms with van der Waals surface area (Å²) in [7, 11) is 1.40. The molecule has 0 amide bonds. The number of rotatable bonds is 12. The van der Waals surface area contributed by atoms with Crippen molar-refractivity contribution >= 4 is 58.4 Å². The van der Waals surface area contributed by atoms with Crippen LogP contribution in [-0.4, -0.2) is 34.9 Å². The number of pyridine rings is 1. The van der Waals surface area contributed by atoms with Gasteiger partial charge in [-0.25, -0.2) is 9.78 Å². The lowest BCUT2D eigenvalue weighted by Crippen LogP contribution is -2.13. The van der Waals surface area contributed by atoms with E-state index < -0.39 is 5.97 Å². The van der Waals surface area contributed by atoms with Gasteiger partial charge in [-0.3, -0.25) is 4.79 Å². The van der Waals surface area contributed by atoms with Gasteiger partial charge in [-0.15, -0.1) is 0 Å². The van der Waals surface area contributed by atoms with Gasteiger partial charge in [-0.1, -0.05) is 72.3 Å². The number of aliphatic carboxylic acids is 1. The third-order valence-electron chi connectivity index (χ3n) is 7.58. The Morgan fingerprint density at radius 3 is 2.63 bits per heavy atom. The van der Waals surface area contributed by atoms with Crippen molar-refractivity contribution in [3.05, 3.63) is 112 Å². The van der Waals surface area contributed by atoms with Crippen molar-refractivity contribution in [2.75, 3.05) is 12.9 Å². The molecule has 210 valence electrons. The van der Waals surface area contributed by atoms with Crippen LogP contribution in [0, 0.1) is 5.41 Å². The van der Waals surface area contributed by atoms with Crippen LogP contribution in [0.15, 0.2) is 78.9 Å². The molecule has 1 unspecified atom stereocenters. The third kappa shape index (κ3) is 7.57. The van der Waals surface area contributed by atoms with E-state index in [2.05, 4.69) is 30.3 Å². The number of benzene rings is 3. The largest absolute Gasteiger partial charge is 0.481 e. The van der Waals surface area contributed by atoms with E-state index in [0.717, 1.165) is 52.7 Å². The number of fused-ring (bicyclic) bond motifs is 1. The normalized spacial score (nSPS) is 14.7. The van der Waals surface area contributed by atoms with Gasteiger partial charge in [0.25, 0.3) is 0 Å². The van der Waals surface area contributed by atoms with E-state index in [1.54, 1.807) is 6.07 Å². The predicted molar refractivity (Wildman–Crippen MR) is 167 cm³/mol. The number of methoxy groups -OCH3 is 1. The number of aromatic nitrogens is 1. The minimum atomic E-state index is -0.733. The van der Waals surface area contributed by atoms with Crippen LogP contribution in [0.1, 0.15) is 63.7 Å². The Morgan fingerprint density at radius 1 is 1.05 bits per heavy atom. The topological polar surface area (TPSA) is 76.5 Å². The lowest BCUT2D eigenvalue weighted by Gasteiger charge is -2.21. The number of carboxylic acids is 1. The number of ether oxygens (including phenoxy) is 1. The van der Waals surface area contributed by atoms with E-state index in [1.807, 2.05) is 66.4 Å². The second-order valence-electron chi connectivity index (χ2n) is 10.6. The van der Waals surface area contributed by atoms with Crippen molar-refractivity contribution in [1.82, 2.24) is 4.98 Å². The van der Waals surface area contributed by atoms with Crippen molar-refractivity contribution in [3.8, 4) is 0 Å². The highest BCUT2D eigenvalue weighted by Crippen LogP contribution is 2.53. The maximum atomic E-state index is 12.3. The molecular weight excluding hydrogens is 554 g/mol. The van der Waals surface area contributed by atoms with Crippen molar-refractivity contribution in [1.29, 1.82) is 0 Å². The molecule has 1 heterocycles. The summed E-state index contributed by atoms with van der Waals surface area (Å²) in [6, 6.07) is 25.7. The molecule has 4 aromatic rings. The molecule has 1 fully saturated rings. The number of halogens is 1. The zero-order valence-corrected chi connectivity index (χ0v) is 24.5. The van der Waals surface area contributed by atoms with Crippen molar-refractivity contribution < 1.29 is 19.4 Å². The highest BCUT2D eigenvalue weighted by atomic mass is 35.5. The average molecular weight is 586 g/mol. The van der Waals surface area contributed by atoms with E-state index in [9.17, 15) is 14.7 Å². The summed E-state index contributed by atoms with van der Waals surface area (Å²) in [6.45, 7) is 0. The van der Waals surface area contributed by atoms with Crippen LogP contribution in [0.5, 0.6) is 0 Å². The molecule has 0 radical (unpaired) electrons. The molecule has 0 aliphatic heterocycles. The summed E-state index contributed by atoms with van der Waals surface area (Å²) >= 11 is 7.98. The number of carboxylic acid groups (broad SMARTS) is 1. The number of carbonyl (C=O) groups is 2. The smallest absolute Gasteiger partial charge is 0.338 e. The molecule has 1 aromatic heterocycles. The van der Waals surface area contributed by atoms with Gasteiger partial charge in [0.2, 0.25) is 0 Å². The van der Waals surface area contributed by atoms with Crippen molar-refractivity contribution in [2.45, 2.75) is 37.4 Å². The van der Waals surface area contributed by atoms with E-state index in [1.165, 1.54) is 12.7 Å². The van der Waals surface area contributed by atoms with Gasteiger partial charge in [-0.2, -0.15) is 11.8 Å². The second-order valence-corrected chi connectivity index (χ2v) is 12.3. The first-order valence-electron chi connectivity index (χ1n) is 13.7. The molecule has 1 N–H and O–H groups in total. The number of nitrogens with zero attached hydrogens (tertiary/aromatic N) is 1. The predicted octanol–water partition coefficient (Wildman–Crippen LogP) is 8.51. The van der Waals surface area contributed by atoms with Gasteiger partial charge >= 0.3 is 11.9 Å². The molecule has 7 heteroatoms. The Labute approximate surface area is 249 Å². The van der Waals surface area contributed by atoms with Gasteiger partial charge < -0.3 is 9.84 Å². The van der Waals surface area contributed by atoms with Gasteiger partial charge in [0, 0.05) is 21.4 Å². The zero-order chi connectivity index (χ0) is 28.8. The Balaban J connectivity index is 1.37. The van der Waals surface area contributed by atoms with Crippen molar-refractivity contribution in [3.63, 3.8) is 0 Å². The first kappa shape index (κ1) is 28.9. The van der Waals surface area contributed by atoms with E-state index in [-0.39, 0.29) is 23.1 Å². The Kier molecular flexibility index (Phi) is 9.11. The van der Waals surface area contributed by atoms with Gasteiger partial charge in [0.1, 0.15) is 0 Å². The fraction of sp³-hybridized carbons (Fsp3) is 0.265. The zero-order valence-electron chi connectivity index (χ0n) is 22.9. The van der Waals surface area contributed by atoms with E-state index in [4.69, 9.17) is 21.3 Å². The molecule has 3 aromatic carbocycles. The number of esters is 1. The van der Waals surface area contributed by atoms with Crippen LogP contribution in [0.2, 0.25) is 5.02 Å². The molecule has 0 spiro atoms. The molecule has 5 nitrogen and oxygen atoms in total. The minimum Gasteiger partial charge on any atom is -0.481 e. The van der Waals surface area contributed by atoms with Crippen molar-refractivity contribution in [2.24, 2.45) is 5.41 Å². The highest BCUT2D eigenvalue weighted by molar-refractivity contribution is 7.99. The molecule has 1 atom stereocenters. The van der Waals surface area contributed by atoms with Crippen LogP contribution in [-0.2, 0) is 16.0 Å². The molecule has 41 heavy (non-hydrogen) atoms. The van der Waals surface area contributed by atoms with Gasteiger partial charge in [0.05, 0.1) is 30.3 Å². The lowest BCUT2D eigenvalue weighted by molar-refractivity contribution is -0.138. The molecule has 5 rings (SSSR count). The monoisotopic (exact) mass is 585 g/mol. The quantitative estimate of drug-likeness (QED) is 0.168. The number of hydrogen-bond acceptors (Lipinski definition) is 5. The molecule has 1 saturated carbocycles. The Morgan fingerprint density at radius 2 is 1.85 bits per heavy atom. The van der Waals surface area contributed by atoms with Crippen LogP contribution in [0.25, 0.3) is 23.1 Å². The molecule has 0 saturated heterocycles. The fourth-order valence-electron chi connectivity index (χ4n) is 5.07. The summed E-state index contributed by atoms with van der Waals surface area (Å²) in [6.07, 6.45) is 7.70. The number of carbonyl (C=O) groups excluding carboxylic acids is 1. The maximum absolute atomic E-state index is 12.3. The minimum absolute atomic E-state index is 0.110. The average Bonchev–Trinajstić information content (AvgIpc) is 3.74. The summed E-state index contributed by atoms with van der Waals surface area (Å²) in [5.74, 6) is -0.269. The summed E-state index contributed by atoms with van der Waals surface area (Å²) in [5.41, 5.74) is 5.37. The Bertz CT molecular complexity index is 1600. The Hall–Kier alpha value is -3.61. The number of thioether (sulfide) groups is 1. The number of hydrogen-bond donors (Lipinski definition) is 1. The highest BCUT2D eigenvalue weighted by Gasteiger charge is 2.44. The van der Waals surface area contributed by atoms with Crippen LogP contribution in [0.4, 0.5) is 0 Å². The third-order valence-corrected chi connectivity index (χ3v) is 9.50. The fourth-order valence-corrected chi connectivity index (χ4v) is 6.81. The first-order valence-corrected chi connectivity index (χ1v) is 15.1. The second kappa shape index (κ2) is 12.9. The van der Waals surface area contributed by atoms with Crippen LogP contribution < -0.4 is 0 Å². The maximum Gasteiger partial charge on any atom is 0.338 e. The lowest BCUT2D eigenvalue weighted by atomic mass is 9.98. The SMILES string of the molecule is COC(=O)c1ccccc1CCC(SCC1(CC(=O)O)CC1)c1cccc(/C=C/c2ccc3ccc(Cl)cc3n2)c1. The van der Waals surface area contributed by atoms with Gasteiger partial charge in [0.15, 0.2) is 0 Å². The van der Waals surface area contributed by atoms with Crippen LogP contribution >= 0.6 is 23.4 Å². The van der Waals surface area contributed by atoms with Crippen LogP contribution in [0.3, 0.4) is 0 Å². The summed E-state index contributed by atoms with van der Waals surface area (Å²) in [4.78, 5) is 28.5. The molecule has 0 bridgehead atoms. The first-order chi connectivity index (χ1) is 19.8. The molecule has 1 aliphatic rings. The molecular formula is C34H32ClNO4S. The number of aryl methyl sites for hydroxylation is 1. The summed E-state index contributed by atoms with van der Waals surface area (Å²) < 4.78 is 5.00. The summed E-state index contributed by atoms with van der Waals surface area (Å²) in [5, 5.41) is 11.3.